The summed E-state index contributed by atoms with van der Waals surface area (Å²) in [6.45, 7) is 8.98. The minimum Gasteiger partial charge on any atom is -0.317 e. The van der Waals surface area contributed by atoms with Crippen LogP contribution in [-0.4, -0.2) is 30.6 Å². The van der Waals surface area contributed by atoms with E-state index in [1.54, 1.807) is 0 Å². The van der Waals surface area contributed by atoms with E-state index in [0.29, 0.717) is 6.04 Å². The van der Waals surface area contributed by atoms with E-state index >= 15 is 0 Å². The van der Waals surface area contributed by atoms with Gasteiger partial charge in [-0.3, -0.25) is 4.90 Å². The Balaban J connectivity index is 2.01. The van der Waals surface area contributed by atoms with Crippen LogP contribution in [-0.2, 0) is 6.54 Å². The van der Waals surface area contributed by atoms with E-state index in [2.05, 4.69) is 52.1 Å². The second-order valence-corrected chi connectivity index (χ2v) is 7.28. The zero-order chi connectivity index (χ0) is 14.5. The second-order valence-electron chi connectivity index (χ2n) is 5.95. The highest BCUT2D eigenvalue weighted by Gasteiger charge is 2.19. The topological polar surface area (TPSA) is 15.3 Å². The van der Waals surface area contributed by atoms with E-state index in [1.807, 2.05) is 6.07 Å². The Morgan fingerprint density at radius 1 is 1.35 bits per heavy atom. The molecule has 0 amide bonds. The second kappa shape index (κ2) is 7.79. The van der Waals surface area contributed by atoms with Gasteiger partial charge in [0.1, 0.15) is 0 Å². The van der Waals surface area contributed by atoms with Gasteiger partial charge in [-0.2, -0.15) is 0 Å². The Labute approximate surface area is 136 Å². The standard InChI is InChI=1S/C16H24BrClN2/c1-12(2)20(10-13-5-7-19-8-6-13)11-14-3-4-15(17)9-16(14)18/h3-4,9,12-13,19H,5-8,10-11H2,1-2H3. The lowest BCUT2D eigenvalue weighted by atomic mass is 9.96. The molecule has 0 unspecified atom stereocenters. The molecule has 4 heteroatoms. The van der Waals surface area contributed by atoms with Crippen LogP contribution >= 0.6 is 27.5 Å². The Hall–Kier alpha value is -0.0900. The van der Waals surface area contributed by atoms with Gasteiger partial charge in [-0.25, -0.2) is 0 Å². The van der Waals surface area contributed by atoms with E-state index in [4.69, 9.17) is 11.6 Å². The fourth-order valence-electron chi connectivity index (χ4n) is 2.72. The van der Waals surface area contributed by atoms with Crippen LogP contribution in [0.25, 0.3) is 0 Å². The SMILES string of the molecule is CC(C)N(Cc1ccc(Br)cc1Cl)CC1CCNCC1. The molecule has 20 heavy (non-hydrogen) atoms. The lowest BCUT2D eigenvalue weighted by Crippen LogP contribution is -2.39. The van der Waals surface area contributed by atoms with Crippen molar-refractivity contribution in [1.82, 2.24) is 10.2 Å². The maximum absolute atomic E-state index is 6.35. The molecule has 2 rings (SSSR count). The molecule has 1 aliphatic rings. The number of benzene rings is 1. The van der Waals surface area contributed by atoms with Crippen molar-refractivity contribution in [2.24, 2.45) is 5.92 Å². The highest BCUT2D eigenvalue weighted by molar-refractivity contribution is 9.10. The molecule has 0 saturated carbocycles. The number of hydrogen-bond acceptors (Lipinski definition) is 2. The summed E-state index contributed by atoms with van der Waals surface area (Å²) in [6, 6.07) is 6.73. The Bertz CT molecular complexity index is 430. The zero-order valence-corrected chi connectivity index (χ0v) is 14.7. The number of halogens is 2. The van der Waals surface area contributed by atoms with Gasteiger partial charge in [0.25, 0.3) is 0 Å². The van der Waals surface area contributed by atoms with Gasteiger partial charge in [0, 0.05) is 28.6 Å². The third-order valence-corrected chi connectivity index (χ3v) is 4.92. The molecule has 0 bridgehead atoms. The van der Waals surface area contributed by atoms with Crippen LogP contribution in [0.1, 0.15) is 32.3 Å². The van der Waals surface area contributed by atoms with Crippen LogP contribution < -0.4 is 5.32 Å². The van der Waals surface area contributed by atoms with Gasteiger partial charge in [0.2, 0.25) is 0 Å². The van der Waals surface area contributed by atoms with E-state index in [0.717, 1.165) is 35.0 Å². The van der Waals surface area contributed by atoms with E-state index in [-0.39, 0.29) is 0 Å². The molecule has 0 aliphatic carbocycles. The quantitative estimate of drug-likeness (QED) is 0.842. The van der Waals surface area contributed by atoms with Crippen molar-refractivity contribution >= 4 is 27.5 Å². The van der Waals surface area contributed by atoms with Crippen molar-refractivity contribution in [3.8, 4) is 0 Å². The summed E-state index contributed by atoms with van der Waals surface area (Å²) in [7, 11) is 0. The van der Waals surface area contributed by atoms with E-state index in [1.165, 1.54) is 24.9 Å². The van der Waals surface area contributed by atoms with Gasteiger partial charge >= 0.3 is 0 Å². The van der Waals surface area contributed by atoms with Crippen molar-refractivity contribution in [3.63, 3.8) is 0 Å². The molecule has 1 aliphatic heterocycles. The van der Waals surface area contributed by atoms with Gasteiger partial charge in [0.05, 0.1) is 0 Å². The average Bonchev–Trinajstić information content (AvgIpc) is 2.42. The van der Waals surface area contributed by atoms with E-state index < -0.39 is 0 Å². The number of nitrogens with one attached hydrogen (secondary N) is 1. The summed E-state index contributed by atoms with van der Waals surface area (Å²) in [5, 5.41) is 4.29. The van der Waals surface area contributed by atoms with Crippen molar-refractivity contribution in [2.45, 2.75) is 39.3 Å². The van der Waals surface area contributed by atoms with Crippen molar-refractivity contribution in [3.05, 3.63) is 33.3 Å². The molecule has 112 valence electrons. The molecule has 1 N–H and O–H groups in total. The first-order chi connectivity index (χ1) is 9.56. The van der Waals surface area contributed by atoms with Crippen LogP contribution in [0, 0.1) is 5.92 Å². The third kappa shape index (κ3) is 4.73. The van der Waals surface area contributed by atoms with Gasteiger partial charge in [-0.15, -0.1) is 0 Å². The largest absolute Gasteiger partial charge is 0.317 e. The number of piperidine rings is 1. The van der Waals surface area contributed by atoms with Crippen LogP contribution in [0.15, 0.2) is 22.7 Å². The third-order valence-electron chi connectivity index (χ3n) is 4.07. The van der Waals surface area contributed by atoms with Gasteiger partial charge < -0.3 is 5.32 Å². The fourth-order valence-corrected chi connectivity index (χ4v) is 3.46. The molecular formula is C16H24BrClN2. The lowest BCUT2D eigenvalue weighted by Gasteiger charge is -2.33. The predicted octanol–water partition coefficient (Wildman–Crippen LogP) is 4.31. The van der Waals surface area contributed by atoms with Crippen LogP contribution in [0.4, 0.5) is 0 Å². The molecule has 1 saturated heterocycles. The Morgan fingerprint density at radius 2 is 2.05 bits per heavy atom. The summed E-state index contributed by atoms with van der Waals surface area (Å²) in [6.07, 6.45) is 2.58. The maximum Gasteiger partial charge on any atom is 0.0462 e. The van der Waals surface area contributed by atoms with Gasteiger partial charge in [-0.05, 0) is 63.4 Å². The maximum atomic E-state index is 6.35. The molecule has 2 nitrogen and oxygen atoms in total. The predicted molar refractivity (Wildman–Crippen MR) is 90.3 cm³/mol. The summed E-state index contributed by atoms with van der Waals surface area (Å²) >= 11 is 9.82. The highest BCUT2D eigenvalue weighted by Crippen LogP contribution is 2.24. The first kappa shape index (κ1) is 16.3. The number of rotatable bonds is 5. The Morgan fingerprint density at radius 3 is 2.65 bits per heavy atom. The van der Waals surface area contributed by atoms with Crippen LogP contribution in [0.3, 0.4) is 0 Å². The smallest absolute Gasteiger partial charge is 0.0462 e. The molecule has 0 aromatic heterocycles. The first-order valence-corrected chi connectivity index (χ1v) is 8.62. The highest BCUT2D eigenvalue weighted by atomic mass is 79.9. The number of hydrogen-bond donors (Lipinski definition) is 1. The molecule has 1 heterocycles. The summed E-state index contributed by atoms with van der Waals surface area (Å²) in [5.41, 5.74) is 1.22. The summed E-state index contributed by atoms with van der Waals surface area (Å²) < 4.78 is 1.04. The average molecular weight is 360 g/mol. The summed E-state index contributed by atoms with van der Waals surface area (Å²) in [4.78, 5) is 2.55. The minimum absolute atomic E-state index is 0.546. The van der Waals surface area contributed by atoms with Crippen molar-refractivity contribution in [2.75, 3.05) is 19.6 Å². The fraction of sp³-hybridized carbons (Fsp3) is 0.625. The van der Waals surface area contributed by atoms with Gasteiger partial charge in [-0.1, -0.05) is 33.6 Å². The lowest BCUT2D eigenvalue weighted by molar-refractivity contribution is 0.162. The normalized spacial score (nSPS) is 17.1. The Kier molecular flexibility index (Phi) is 6.34. The van der Waals surface area contributed by atoms with Crippen molar-refractivity contribution < 1.29 is 0 Å². The zero-order valence-electron chi connectivity index (χ0n) is 12.3. The number of nitrogens with zero attached hydrogens (tertiary/aromatic N) is 1. The monoisotopic (exact) mass is 358 g/mol. The molecular weight excluding hydrogens is 336 g/mol. The molecule has 1 fully saturated rings. The molecule has 1 aromatic carbocycles. The van der Waals surface area contributed by atoms with Gasteiger partial charge in [0.15, 0.2) is 0 Å². The molecule has 1 aromatic rings. The minimum atomic E-state index is 0.546. The van der Waals surface area contributed by atoms with Crippen LogP contribution in [0.2, 0.25) is 5.02 Å². The van der Waals surface area contributed by atoms with E-state index in [9.17, 15) is 0 Å². The van der Waals surface area contributed by atoms with Crippen molar-refractivity contribution in [1.29, 1.82) is 0 Å². The molecule has 0 atom stereocenters. The first-order valence-electron chi connectivity index (χ1n) is 7.45. The molecule has 0 spiro atoms. The summed E-state index contributed by atoms with van der Waals surface area (Å²) in [5.74, 6) is 0.813. The molecule has 0 radical (unpaired) electrons. The van der Waals surface area contributed by atoms with Crippen LogP contribution in [0.5, 0.6) is 0 Å².